The minimum Gasteiger partial charge on any atom is -0.338 e. The van der Waals surface area contributed by atoms with Crippen LogP contribution in [-0.4, -0.2) is 29.4 Å². The Morgan fingerprint density at radius 2 is 2.17 bits per heavy atom. The highest BCUT2D eigenvalue weighted by Gasteiger charge is 2.34. The normalized spacial score (nSPS) is 36.4. The van der Waals surface area contributed by atoms with E-state index in [0.29, 0.717) is 18.4 Å². The molecule has 0 spiro atoms. The molecule has 2 aliphatic heterocycles. The standard InChI is InChI=1S/C9H16N2O/c10-7-4-5-9(12)11-6-2-1-3-8(7)11/h7-8H,1-6,10H2/t7-,8+/m0/s1. The van der Waals surface area contributed by atoms with Crippen molar-refractivity contribution in [3.8, 4) is 0 Å². The van der Waals surface area contributed by atoms with E-state index in [1.54, 1.807) is 0 Å². The second-order valence-corrected chi connectivity index (χ2v) is 3.85. The molecule has 0 aromatic rings. The summed E-state index contributed by atoms with van der Waals surface area (Å²) >= 11 is 0. The lowest BCUT2D eigenvalue weighted by Crippen LogP contribution is -2.56. The van der Waals surface area contributed by atoms with Crippen molar-refractivity contribution in [1.29, 1.82) is 0 Å². The summed E-state index contributed by atoms with van der Waals surface area (Å²) in [5.41, 5.74) is 5.96. The maximum Gasteiger partial charge on any atom is 0.222 e. The van der Waals surface area contributed by atoms with Crippen molar-refractivity contribution in [2.75, 3.05) is 6.54 Å². The molecule has 2 rings (SSSR count). The number of hydrogen-bond acceptors (Lipinski definition) is 2. The van der Waals surface area contributed by atoms with Gasteiger partial charge in [0.2, 0.25) is 5.91 Å². The van der Waals surface area contributed by atoms with Crippen LogP contribution in [0.3, 0.4) is 0 Å². The van der Waals surface area contributed by atoms with Gasteiger partial charge in [0.1, 0.15) is 0 Å². The Morgan fingerprint density at radius 1 is 1.33 bits per heavy atom. The molecule has 2 heterocycles. The lowest BCUT2D eigenvalue weighted by molar-refractivity contribution is -0.138. The number of nitrogens with two attached hydrogens (primary N) is 1. The number of piperidine rings is 2. The van der Waals surface area contributed by atoms with Gasteiger partial charge in [0, 0.05) is 25.0 Å². The lowest BCUT2D eigenvalue weighted by Gasteiger charge is -2.42. The van der Waals surface area contributed by atoms with E-state index in [4.69, 9.17) is 5.73 Å². The van der Waals surface area contributed by atoms with Gasteiger partial charge in [0.25, 0.3) is 0 Å². The van der Waals surface area contributed by atoms with Crippen molar-refractivity contribution >= 4 is 5.91 Å². The zero-order valence-corrected chi connectivity index (χ0v) is 7.33. The molecule has 2 fully saturated rings. The summed E-state index contributed by atoms with van der Waals surface area (Å²) in [5, 5.41) is 0. The number of rotatable bonds is 0. The van der Waals surface area contributed by atoms with E-state index in [-0.39, 0.29) is 6.04 Å². The molecule has 3 nitrogen and oxygen atoms in total. The third-order valence-corrected chi connectivity index (χ3v) is 3.06. The Bertz CT molecular complexity index is 193. The number of amides is 1. The van der Waals surface area contributed by atoms with Crippen molar-refractivity contribution < 1.29 is 4.79 Å². The molecule has 1 amide bonds. The molecule has 3 heteroatoms. The van der Waals surface area contributed by atoms with E-state index < -0.39 is 0 Å². The quantitative estimate of drug-likeness (QED) is 0.572. The van der Waals surface area contributed by atoms with Crippen LogP contribution in [0.1, 0.15) is 32.1 Å². The average Bonchev–Trinajstić information content (AvgIpc) is 2.12. The molecule has 2 aliphatic rings. The molecule has 68 valence electrons. The molecule has 0 aliphatic carbocycles. The first-order valence-electron chi connectivity index (χ1n) is 4.84. The fourth-order valence-corrected chi connectivity index (χ4v) is 2.34. The number of carbonyl (C=O) groups excluding carboxylic acids is 1. The van der Waals surface area contributed by atoms with Gasteiger partial charge >= 0.3 is 0 Å². The predicted molar refractivity (Wildman–Crippen MR) is 46.6 cm³/mol. The highest BCUT2D eigenvalue weighted by atomic mass is 16.2. The van der Waals surface area contributed by atoms with Crippen molar-refractivity contribution in [1.82, 2.24) is 4.90 Å². The first-order chi connectivity index (χ1) is 5.79. The Morgan fingerprint density at radius 3 is 2.92 bits per heavy atom. The molecule has 0 unspecified atom stereocenters. The van der Waals surface area contributed by atoms with Crippen LogP contribution in [0.2, 0.25) is 0 Å². The van der Waals surface area contributed by atoms with E-state index in [1.807, 2.05) is 4.90 Å². The number of fused-ring (bicyclic) bond motifs is 1. The maximum absolute atomic E-state index is 11.4. The Hall–Kier alpha value is -0.570. The number of carbonyl (C=O) groups is 1. The van der Waals surface area contributed by atoms with Crippen molar-refractivity contribution in [3.05, 3.63) is 0 Å². The fourth-order valence-electron chi connectivity index (χ4n) is 2.34. The lowest BCUT2D eigenvalue weighted by atomic mass is 9.89. The summed E-state index contributed by atoms with van der Waals surface area (Å²) in [6, 6.07) is 0.600. The van der Waals surface area contributed by atoms with E-state index >= 15 is 0 Å². The van der Waals surface area contributed by atoms with E-state index in [9.17, 15) is 4.79 Å². The minimum absolute atomic E-state index is 0.239. The molecule has 0 saturated carbocycles. The molecule has 0 radical (unpaired) electrons. The van der Waals surface area contributed by atoms with E-state index in [0.717, 1.165) is 25.8 Å². The number of nitrogens with zero attached hydrogens (tertiary/aromatic N) is 1. The van der Waals surface area contributed by atoms with Crippen LogP contribution in [0.25, 0.3) is 0 Å². The fraction of sp³-hybridized carbons (Fsp3) is 0.889. The van der Waals surface area contributed by atoms with Gasteiger partial charge in [-0.05, 0) is 25.7 Å². The zero-order valence-electron chi connectivity index (χ0n) is 7.33. The molecular weight excluding hydrogens is 152 g/mol. The summed E-state index contributed by atoms with van der Waals surface area (Å²) in [6.07, 6.45) is 5.07. The van der Waals surface area contributed by atoms with E-state index in [1.165, 1.54) is 6.42 Å². The van der Waals surface area contributed by atoms with Crippen LogP contribution in [0, 0.1) is 0 Å². The maximum atomic E-state index is 11.4. The van der Waals surface area contributed by atoms with Gasteiger partial charge in [-0.3, -0.25) is 4.79 Å². The highest BCUT2D eigenvalue weighted by Crippen LogP contribution is 2.25. The van der Waals surface area contributed by atoms with Gasteiger partial charge in [-0.2, -0.15) is 0 Å². The Labute approximate surface area is 72.9 Å². The average molecular weight is 168 g/mol. The molecule has 0 aromatic heterocycles. The largest absolute Gasteiger partial charge is 0.338 e. The first-order valence-corrected chi connectivity index (χ1v) is 4.84. The third kappa shape index (κ3) is 1.22. The van der Waals surface area contributed by atoms with Gasteiger partial charge in [0.05, 0.1) is 0 Å². The Balaban J connectivity index is 2.11. The van der Waals surface area contributed by atoms with Crippen LogP contribution < -0.4 is 5.73 Å². The van der Waals surface area contributed by atoms with Gasteiger partial charge < -0.3 is 10.6 Å². The summed E-state index contributed by atoms with van der Waals surface area (Å²) in [6.45, 7) is 0.942. The van der Waals surface area contributed by atoms with Gasteiger partial charge in [-0.1, -0.05) is 0 Å². The predicted octanol–water partition coefficient (Wildman–Crippen LogP) is 0.489. The van der Waals surface area contributed by atoms with Crippen LogP contribution in [-0.2, 0) is 4.79 Å². The summed E-state index contributed by atoms with van der Waals surface area (Å²) in [5.74, 6) is 0.321. The highest BCUT2D eigenvalue weighted by molar-refractivity contribution is 5.77. The van der Waals surface area contributed by atoms with Gasteiger partial charge in [-0.15, -0.1) is 0 Å². The summed E-state index contributed by atoms with van der Waals surface area (Å²) in [4.78, 5) is 13.4. The van der Waals surface area contributed by atoms with Crippen molar-refractivity contribution in [3.63, 3.8) is 0 Å². The molecule has 0 bridgehead atoms. The second kappa shape index (κ2) is 3.05. The van der Waals surface area contributed by atoms with E-state index in [2.05, 4.69) is 0 Å². The van der Waals surface area contributed by atoms with Crippen molar-refractivity contribution in [2.45, 2.75) is 44.2 Å². The van der Waals surface area contributed by atoms with Gasteiger partial charge in [-0.25, -0.2) is 0 Å². The minimum atomic E-state index is 0.239. The van der Waals surface area contributed by atoms with Crippen LogP contribution in [0.5, 0.6) is 0 Å². The molecule has 2 saturated heterocycles. The molecule has 2 atom stereocenters. The van der Waals surface area contributed by atoms with Crippen LogP contribution >= 0.6 is 0 Å². The smallest absolute Gasteiger partial charge is 0.222 e. The first kappa shape index (κ1) is 8.05. The molecule has 0 aromatic carbocycles. The van der Waals surface area contributed by atoms with Crippen molar-refractivity contribution in [2.24, 2.45) is 5.73 Å². The number of hydrogen-bond donors (Lipinski definition) is 1. The van der Waals surface area contributed by atoms with Gasteiger partial charge in [0.15, 0.2) is 0 Å². The SMILES string of the molecule is N[C@H]1CCC(=O)N2CCCC[C@H]12. The Kier molecular flexibility index (Phi) is 2.05. The van der Waals surface area contributed by atoms with Crippen LogP contribution in [0.4, 0.5) is 0 Å². The summed E-state index contributed by atoms with van der Waals surface area (Å²) in [7, 11) is 0. The van der Waals surface area contributed by atoms with Crippen LogP contribution in [0.15, 0.2) is 0 Å². The summed E-state index contributed by atoms with van der Waals surface area (Å²) < 4.78 is 0. The topological polar surface area (TPSA) is 46.3 Å². The zero-order chi connectivity index (χ0) is 8.55. The monoisotopic (exact) mass is 168 g/mol. The second-order valence-electron chi connectivity index (χ2n) is 3.85. The molecule has 12 heavy (non-hydrogen) atoms. The third-order valence-electron chi connectivity index (χ3n) is 3.06. The molecule has 2 N–H and O–H groups in total. The molecular formula is C9H16N2O.